The molecule has 94 valence electrons. The Kier molecular flexibility index (Phi) is 5.96. The van der Waals surface area contributed by atoms with Gasteiger partial charge in [0.1, 0.15) is 5.82 Å². The van der Waals surface area contributed by atoms with E-state index in [0.29, 0.717) is 5.92 Å². The Morgan fingerprint density at radius 3 is 2.29 bits per heavy atom. The molecule has 0 N–H and O–H groups in total. The van der Waals surface area contributed by atoms with Crippen molar-refractivity contribution in [2.24, 2.45) is 5.92 Å². The second kappa shape index (κ2) is 7.26. The Morgan fingerprint density at radius 1 is 1.12 bits per heavy atom. The molecule has 17 heavy (non-hydrogen) atoms. The molecule has 0 amide bonds. The van der Waals surface area contributed by atoms with Crippen LogP contribution in [0.3, 0.4) is 0 Å². The normalized spacial score (nSPS) is 12.4. The maximum absolute atomic E-state index is 12.9. The fourth-order valence-corrected chi connectivity index (χ4v) is 2.19. The van der Waals surface area contributed by atoms with Crippen LogP contribution in [0, 0.1) is 11.7 Å². The van der Waals surface area contributed by atoms with E-state index in [9.17, 15) is 4.39 Å². The number of halogens is 1. The van der Waals surface area contributed by atoms with Crippen molar-refractivity contribution in [2.75, 3.05) is 0 Å². The first-order valence-electron chi connectivity index (χ1n) is 6.63. The molecule has 0 aromatic heterocycles. The smallest absolute Gasteiger partial charge is 0.123 e. The van der Waals surface area contributed by atoms with Crippen LogP contribution in [0.2, 0.25) is 0 Å². The van der Waals surface area contributed by atoms with E-state index in [1.807, 2.05) is 12.1 Å². The maximum atomic E-state index is 12.9. The van der Waals surface area contributed by atoms with Crippen LogP contribution in [0.25, 0.3) is 5.57 Å². The molecule has 0 spiro atoms. The summed E-state index contributed by atoms with van der Waals surface area (Å²) in [6, 6.07) is 6.71. The Hall–Kier alpha value is -1.11. The van der Waals surface area contributed by atoms with Crippen LogP contribution < -0.4 is 0 Å². The minimum Gasteiger partial charge on any atom is -0.207 e. The number of hydrogen-bond donors (Lipinski definition) is 0. The summed E-state index contributed by atoms with van der Waals surface area (Å²) >= 11 is 0. The third-order valence-electron chi connectivity index (χ3n) is 3.25. The second-order valence-electron chi connectivity index (χ2n) is 4.66. The van der Waals surface area contributed by atoms with Crippen LogP contribution in [-0.4, -0.2) is 0 Å². The van der Waals surface area contributed by atoms with Gasteiger partial charge in [0, 0.05) is 0 Å². The quantitative estimate of drug-likeness (QED) is 0.589. The third-order valence-corrected chi connectivity index (χ3v) is 3.25. The van der Waals surface area contributed by atoms with Crippen LogP contribution in [0.4, 0.5) is 4.39 Å². The van der Waals surface area contributed by atoms with Crippen molar-refractivity contribution in [3.63, 3.8) is 0 Å². The van der Waals surface area contributed by atoms with Crippen LogP contribution in [0.15, 0.2) is 30.8 Å². The second-order valence-corrected chi connectivity index (χ2v) is 4.66. The first-order chi connectivity index (χ1) is 8.19. The molecule has 0 heterocycles. The van der Waals surface area contributed by atoms with Crippen molar-refractivity contribution in [2.45, 2.75) is 46.0 Å². The van der Waals surface area contributed by atoms with E-state index in [1.165, 1.54) is 49.8 Å². The summed E-state index contributed by atoms with van der Waals surface area (Å²) in [4.78, 5) is 0. The Morgan fingerprint density at radius 2 is 1.76 bits per heavy atom. The van der Waals surface area contributed by atoms with E-state index in [0.717, 1.165) is 5.56 Å². The monoisotopic (exact) mass is 234 g/mol. The first kappa shape index (κ1) is 14.0. The van der Waals surface area contributed by atoms with E-state index in [2.05, 4.69) is 20.4 Å². The van der Waals surface area contributed by atoms with Crippen LogP contribution in [-0.2, 0) is 0 Å². The predicted molar refractivity (Wildman–Crippen MR) is 73.4 cm³/mol. The molecule has 0 saturated heterocycles. The molecule has 1 aromatic carbocycles. The standard InChI is InChI=1S/C16H23F/c1-4-6-8-14(7-5-2)13(3)15-9-11-16(17)12-10-15/h9-12,14H,3-8H2,1-2H3. The van der Waals surface area contributed by atoms with Crippen LogP contribution in [0.5, 0.6) is 0 Å². The number of benzene rings is 1. The molecule has 1 aromatic rings. The molecule has 0 aliphatic rings. The maximum Gasteiger partial charge on any atom is 0.123 e. The fourth-order valence-electron chi connectivity index (χ4n) is 2.19. The summed E-state index contributed by atoms with van der Waals surface area (Å²) in [7, 11) is 0. The minimum atomic E-state index is -0.179. The van der Waals surface area contributed by atoms with E-state index in [-0.39, 0.29) is 5.82 Å². The van der Waals surface area contributed by atoms with Crippen molar-refractivity contribution in [3.8, 4) is 0 Å². The molecule has 0 nitrogen and oxygen atoms in total. The summed E-state index contributed by atoms with van der Waals surface area (Å²) in [5.41, 5.74) is 2.25. The fraction of sp³-hybridized carbons (Fsp3) is 0.500. The third kappa shape index (κ3) is 4.33. The summed E-state index contributed by atoms with van der Waals surface area (Å²) < 4.78 is 12.9. The number of allylic oxidation sites excluding steroid dienone is 1. The van der Waals surface area contributed by atoms with E-state index in [4.69, 9.17) is 0 Å². The molecule has 1 heteroatoms. The van der Waals surface area contributed by atoms with Crippen molar-refractivity contribution in [1.82, 2.24) is 0 Å². The van der Waals surface area contributed by atoms with Crippen LogP contribution in [0.1, 0.15) is 51.5 Å². The highest BCUT2D eigenvalue weighted by Crippen LogP contribution is 2.29. The summed E-state index contributed by atoms with van der Waals surface area (Å²) in [6.45, 7) is 8.62. The molecular formula is C16H23F. The number of unbranched alkanes of at least 4 members (excludes halogenated alkanes) is 1. The zero-order valence-electron chi connectivity index (χ0n) is 11.0. The Balaban J connectivity index is 2.72. The van der Waals surface area contributed by atoms with Gasteiger partial charge >= 0.3 is 0 Å². The van der Waals surface area contributed by atoms with Gasteiger partial charge in [-0.1, -0.05) is 51.8 Å². The van der Waals surface area contributed by atoms with Gasteiger partial charge in [-0.05, 0) is 42.0 Å². The SMILES string of the molecule is C=C(c1ccc(F)cc1)C(CCC)CCCC. The highest BCUT2D eigenvalue weighted by atomic mass is 19.1. The molecule has 0 aliphatic heterocycles. The highest BCUT2D eigenvalue weighted by molar-refractivity contribution is 5.65. The van der Waals surface area contributed by atoms with Gasteiger partial charge in [0.2, 0.25) is 0 Å². The lowest BCUT2D eigenvalue weighted by Crippen LogP contribution is -2.03. The van der Waals surface area contributed by atoms with Gasteiger partial charge in [-0.3, -0.25) is 0 Å². The molecule has 0 fully saturated rings. The molecule has 1 unspecified atom stereocenters. The summed E-state index contributed by atoms with van der Waals surface area (Å²) in [5, 5.41) is 0. The van der Waals surface area contributed by atoms with Gasteiger partial charge in [0.15, 0.2) is 0 Å². The molecule has 0 radical (unpaired) electrons. The van der Waals surface area contributed by atoms with Gasteiger partial charge in [-0.15, -0.1) is 0 Å². The van der Waals surface area contributed by atoms with Crippen molar-refractivity contribution < 1.29 is 4.39 Å². The van der Waals surface area contributed by atoms with Gasteiger partial charge in [-0.25, -0.2) is 4.39 Å². The zero-order chi connectivity index (χ0) is 12.7. The first-order valence-corrected chi connectivity index (χ1v) is 6.63. The zero-order valence-corrected chi connectivity index (χ0v) is 11.0. The van der Waals surface area contributed by atoms with Crippen LogP contribution >= 0.6 is 0 Å². The van der Waals surface area contributed by atoms with Gasteiger partial charge in [0.25, 0.3) is 0 Å². The molecule has 0 aliphatic carbocycles. The van der Waals surface area contributed by atoms with Gasteiger partial charge in [0.05, 0.1) is 0 Å². The van der Waals surface area contributed by atoms with E-state index in [1.54, 1.807) is 0 Å². The van der Waals surface area contributed by atoms with Gasteiger partial charge in [-0.2, -0.15) is 0 Å². The van der Waals surface area contributed by atoms with E-state index < -0.39 is 0 Å². The summed E-state index contributed by atoms with van der Waals surface area (Å²) in [5.74, 6) is 0.368. The average Bonchev–Trinajstić information content (AvgIpc) is 2.34. The largest absolute Gasteiger partial charge is 0.207 e. The molecule has 0 bridgehead atoms. The van der Waals surface area contributed by atoms with Crippen molar-refractivity contribution in [3.05, 3.63) is 42.2 Å². The number of hydrogen-bond acceptors (Lipinski definition) is 0. The lowest BCUT2D eigenvalue weighted by atomic mass is 9.86. The lowest BCUT2D eigenvalue weighted by molar-refractivity contribution is 0.525. The molecule has 1 rings (SSSR count). The highest BCUT2D eigenvalue weighted by Gasteiger charge is 2.12. The number of rotatable bonds is 7. The van der Waals surface area contributed by atoms with Crippen molar-refractivity contribution >= 4 is 5.57 Å². The van der Waals surface area contributed by atoms with Crippen molar-refractivity contribution in [1.29, 1.82) is 0 Å². The van der Waals surface area contributed by atoms with Gasteiger partial charge < -0.3 is 0 Å². The predicted octanol–water partition coefficient (Wildman–Crippen LogP) is 5.45. The minimum absolute atomic E-state index is 0.179. The molecular weight excluding hydrogens is 211 g/mol. The lowest BCUT2D eigenvalue weighted by Gasteiger charge is -2.19. The molecule has 1 atom stereocenters. The Labute approximate surface area is 105 Å². The topological polar surface area (TPSA) is 0 Å². The van der Waals surface area contributed by atoms with E-state index >= 15 is 0 Å². The summed E-state index contributed by atoms with van der Waals surface area (Å²) in [6.07, 6.45) is 6.01. The molecule has 0 saturated carbocycles. The average molecular weight is 234 g/mol. The Bertz CT molecular complexity index is 337.